The number of carbonyl (C=O) groups is 2. The normalized spacial score (nSPS) is 20.9. The molecule has 0 radical (unpaired) electrons. The van der Waals surface area contributed by atoms with E-state index in [1.807, 2.05) is 11.0 Å². The average Bonchev–Trinajstić information content (AvgIpc) is 3.02. The summed E-state index contributed by atoms with van der Waals surface area (Å²) < 4.78 is 0. The Morgan fingerprint density at radius 1 is 1.45 bits per heavy atom. The van der Waals surface area contributed by atoms with Gasteiger partial charge in [0.15, 0.2) is 0 Å². The maximum atomic E-state index is 12.4. The van der Waals surface area contributed by atoms with Crippen molar-refractivity contribution < 1.29 is 14.7 Å². The Hall–Kier alpha value is -1.88. The zero-order valence-electron chi connectivity index (χ0n) is 11.3. The van der Waals surface area contributed by atoms with E-state index >= 15 is 0 Å². The van der Waals surface area contributed by atoms with Crippen LogP contribution >= 0.6 is 0 Å². The number of hydrogen-bond acceptors (Lipinski definition) is 3. The van der Waals surface area contributed by atoms with Gasteiger partial charge in [0.2, 0.25) is 5.91 Å². The lowest BCUT2D eigenvalue weighted by molar-refractivity contribution is -0.115. The van der Waals surface area contributed by atoms with Crippen LogP contribution in [0.2, 0.25) is 0 Å². The van der Waals surface area contributed by atoms with Gasteiger partial charge >= 0.3 is 0 Å². The highest BCUT2D eigenvalue weighted by Crippen LogP contribution is 2.26. The number of nitrogens with zero attached hydrogens (tertiary/aromatic N) is 1. The van der Waals surface area contributed by atoms with Gasteiger partial charge < -0.3 is 15.3 Å². The van der Waals surface area contributed by atoms with Crippen molar-refractivity contribution in [2.45, 2.75) is 19.3 Å². The standard InChI is InChI=1S/C15H18N2O3/c18-6-4-10-3-5-17(9-10)15(20)12-2-1-11-8-14(19)16-13(11)7-12/h1-2,7,10,18H,3-6,8-9H2,(H,16,19). The van der Waals surface area contributed by atoms with Crippen LogP contribution in [0.4, 0.5) is 5.69 Å². The zero-order valence-corrected chi connectivity index (χ0v) is 11.3. The lowest BCUT2D eigenvalue weighted by Crippen LogP contribution is -2.28. The van der Waals surface area contributed by atoms with Gasteiger partial charge in [-0.25, -0.2) is 0 Å². The number of aliphatic hydroxyl groups excluding tert-OH is 1. The second-order valence-electron chi connectivity index (χ2n) is 5.52. The second-order valence-corrected chi connectivity index (χ2v) is 5.52. The highest BCUT2D eigenvalue weighted by Gasteiger charge is 2.27. The Balaban J connectivity index is 1.72. The van der Waals surface area contributed by atoms with Crippen molar-refractivity contribution in [2.24, 2.45) is 5.92 Å². The molecule has 0 saturated carbocycles. The number of aliphatic hydroxyl groups is 1. The van der Waals surface area contributed by atoms with Crippen LogP contribution < -0.4 is 5.32 Å². The minimum absolute atomic E-state index is 0.00869. The fourth-order valence-electron chi connectivity index (χ4n) is 2.97. The number of amides is 2. The number of anilines is 1. The summed E-state index contributed by atoms with van der Waals surface area (Å²) in [5.74, 6) is 0.390. The number of benzene rings is 1. The highest BCUT2D eigenvalue weighted by molar-refractivity contribution is 6.02. The van der Waals surface area contributed by atoms with Crippen LogP contribution in [0.5, 0.6) is 0 Å². The van der Waals surface area contributed by atoms with Crippen LogP contribution in [0.1, 0.15) is 28.8 Å². The molecule has 0 aliphatic carbocycles. The van der Waals surface area contributed by atoms with E-state index in [1.54, 1.807) is 12.1 Å². The van der Waals surface area contributed by atoms with E-state index in [9.17, 15) is 9.59 Å². The number of rotatable bonds is 3. The van der Waals surface area contributed by atoms with E-state index in [0.717, 1.165) is 30.6 Å². The number of carbonyl (C=O) groups excluding carboxylic acids is 2. The van der Waals surface area contributed by atoms with Gasteiger partial charge in [-0.1, -0.05) is 6.07 Å². The molecule has 1 aromatic carbocycles. The summed E-state index contributed by atoms with van der Waals surface area (Å²) in [4.78, 5) is 25.6. The van der Waals surface area contributed by atoms with E-state index in [0.29, 0.717) is 24.4 Å². The molecule has 2 N–H and O–H groups in total. The predicted molar refractivity (Wildman–Crippen MR) is 74.5 cm³/mol. The van der Waals surface area contributed by atoms with Gasteiger partial charge in [-0.2, -0.15) is 0 Å². The molecule has 1 saturated heterocycles. The van der Waals surface area contributed by atoms with Crippen molar-refractivity contribution >= 4 is 17.5 Å². The van der Waals surface area contributed by atoms with E-state index in [4.69, 9.17) is 5.11 Å². The number of fused-ring (bicyclic) bond motifs is 1. The number of hydrogen-bond donors (Lipinski definition) is 2. The third kappa shape index (κ3) is 2.41. The van der Waals surface area contributed by atoms with Gasteiger partial charge in [0.25, 0.3) is 5.91 Å². The minimum atomic E-state index is -0.0196. The van der Waals surface area contributed by atoms with Gasteiger partial charge in [0.1, 0.15) is 0 Å². The Bertz CT molecular complexity index is 556. The van der Waals surface area contributed by atoms with Crippen molar-refractivity contribution in [2.75, 3.05) is 25.0 Å². The first-order valence-corrected chi connectivity index (χ1v) is 7.00. The van der Waals surface area contributed by atoms with Crippen molar-refractivity contribution in [1.29, 1.82) is 0 Å². The summed E-state index contributed by atoms with van der Waals surface area (Å²) in [5.41, 5.74) is 2.33. The molecule has 1 fully saturated rings. The fourth-order valence-corrected chi connectivity index (χ4v) is 2.97. The lowest BCUT2D eigenvalue weighted by Gasteiger charge is -2.17. The van der Waals surface area contributed by atoms with Crippen LogP contribution in [-0.4, -0.2) is 41.5 Å². The summed E-state index contributed by atoms with van der Waals surface area (Å²) in [6.07, 6.45) is 2.10. The molecule has 5 heteroatoms. The third-order valence-electron chi connectivity index (χ3n) is 4.09. The van der Waals surface area contributed by atoms with Gasteiger partial charge in [-0.15, -0.1) is 0 Å². The Morgan fingerprint density at radius 3 is 3.10 bits per heavy atom. The van der Waals surface area contributed by atoms with Crippen molar-refractivity contribution in [3.8, 4) is 0 Å². The van der Waals surface area contributed by atoms with E-state index in [-0.39, 0.29) is 18.4 Å². The largest absolute Gasteiger partial charge is 0.396 e. The third-order valence-corrected chi connectivity index (χ3v) is 4.09. The fraction of sp³-hybridized carbons (Fsp3) is 0.467. The van der Waals surface area contributed by atoms with Crippen molar-refractivity contribution in [3.05, 3.63) is 29.3 Å². The molecule has 0 aromatic heterocycles. The van der Waals surface area contributed by atoms with Crippen molar-refractivity contribution in [3.63, 3.8) is 0 Å². The Kier molecular flexibility index (Phi) is 3.44. The molecular weight excluding hydrogens is 256 g/mol. The highest BCUT2D eigenvalue weighted by atomic mass is 16.3. The van der Waals surface area contributed by atoms with Gasteiger partial charge in [-0.3, -0.25) is 9.59 Å². The van der Waals surface area contributed by atoms with E-state index < -0.39 is 0 Å². The molecule has 20 heavy (non-hydrogen) atoms. The van der Waals surface area contributed by atoms with Crippen LogP contribution in [0.3, 0.4) is 0 Å². The summed E-state index contributed by atoms with van der Waals surface area (Å²) in [6, 6.07) is 5.41. The molecule has 2 heterocycles. The molecule has 0 bridgehead atoms. The summed E-state index contributed by atoms with van der Waals surface area (Å²) >= 11 is 0. The first-order chi connectivity index (χ1) is 9.67. The monoisotopic (exact) mass is 274 g/mol. The topological polar surface area (TPSA) is 69.6 Å². The van der Waals surface area contributed by atoms with Crippen LogP contribution in [0, 0.1) is 5.92 Å². The SMILES string of the molecule is O=C1Cc2ccc(C(=O)N3CCC(CCO)C3)cc2N1. The van der Waals surface area contributed by atoms with Gasteiger partial charge in [-0.05, 0) is 36.5 Å². The molecule has 1 unspecified atom stereocenters. The molecule has 2 aliphatic heterocycles. The summed E-state index contributed by atoms with van der Waals surface area (Å²) in [6.45, 7) is 1.63. The molecular formula is C15H18N2O3. The van der Waals surface area contributed by atoms with Gasteiger partial charge in [0.05, 0.1) is 6.42 Å². The van der Waals surface area contributed by atoms with Crippen LogP contribution in [0.25, 0.3) is 0 Å². The first-order valence-electron chi connectivity index (χ1n) is 7.00. The Labute approximate surface area is 117 Å². The Morgan fingerprint density at radius 2 is 2.30 bits per heavy atom. The molecule has 3 rings (SSSR count). The van der Waals surface area contributed by atoms with E-state index in [1.165, 1.54) is 0 Å². The van der Waals surface area contributed by atoms with Gasteiger partial charge in [0, 0.05) is 30.9 Å². The minimum Gasteiger partial charge on any atom is -0.396 e. The summed E-state index contributed by atoms with van der Waals surface area (Å²) in [7, 11) is 0. The van der Waals surface area contributed by atoms with Crippen molar-refractivity contribution in [1.82, 2.24) is 4.90 Å². The second kappa shape index (κ2) is 5.25. The number of nitrogens with one attached hydrogen (secondary N) is 1. The molecule has 106 valence electrons. The molecule has 2 aliphatic rings. The maximum absolute atomic E-state index is 12.4. The lowest BCUT2D eigenvalue weighted by atomic mass is 10.1. The smallest absolute Gasteiger partial charge is 0.253 e. The molecule has 1 aromatic rings. The average molecular weight is 274 g/mol. The van der Waals surface area contributed by atoms with E-state index in [2.05, 4.69) is 5.32 Å². The van der Waals surface area contributed by atoms with Crippen LogP contribution in [0.15, 0.2) is 18.2 Å². The molecule has 2 amide bonds. The molecule has 0 spiro atoms. The predicted octanol–water partition coefficient (Wildman–Crippen LogP) is 1.03. The van der Waals surface area contributed by atoms with Crippen LogP contribution in [-0.2, 0) is 11.2 Å². The zero-order chi connectivity index (χ0) is 14.1. The quantitative estimate of drug-likeness (QED) is 0.864. The molecule has 1 atom stereocenters. The summed E-state index contributed by atoms with van der Waals surface area (Å²) in [5, 5.41) is 11.7. The maximum Gasteiger partial charge on any atom is 0.253 e. The first kappa shape index (κ1) is 13.1. The molecule has 5 nitrogen and oxygen atoms in total. The number of likely N-dealkylation sites (tertiary alicyclic amines) is 1.